The van der Waals surface area contributed by atoms with E-state index in [0.717, 1.165) is 0 Å². The van der Waals surface area contributed by atoms with Crippen molar-refractivity contribution in [3.63, 3.8) is 0 Å². The van der Waals surface area contributed by atoms with Gasteiger partial charge in [-0.1, -0.05) is 0 Å². The molecule has 92 valence electrons. The molecule has 0 saturated carbocycles. The zero-order valence-electron chi connectivity index (χ0n) is 9.05. The van der Waals surface area contributed by atoms with E-state index in [1.54, 1.807) is 12.4 Å². The van der Waals surface area contributed by atoms with Crippen LogP contribution in [0.1, 0.15) is 18.7 Å². The summed E-state index contributed by atoms with van der Waals surface area (Å²) in [6, 6.07) is 0. The molecule has 7 heteroatoms. The van der Waals surface area contributed by atoms with Crippen LogP contribution >= 0.6 is 0 Å². The standard InChI is InChI=1S/C10H13N3O4/c14-9(13-5-8-11-3-4-12-8)6-1-2-7(17-6)10(15)16/h3-4,6-7H,1-2,5H2,(H,11,12)(H,13,14)(H,15,16)/t6-,7+/m0/s1. The van der Waals surface area contributed by atoms with E-state index in [0.29, 0.717) is 18.7 Å². The monoisotopic (exact) mass is 239 g/mol. The van der Waals surface area contributed by atoms with Crippen molar-refractivity contribution in [2.24, 2.45) is 0 Å². The second-order valence-electron chi connectivity index (χ2n) is 3.78. The molecule has 0 aromatic carbocycles. The van der Waals surface area contributed by atoms with E-state index in [9.17, 15) is 9.59 Å². The lowest BCUT2D eigenvalue weighted by atomic mass is 10.2. The maximum atomic E-state index is 11.6. The third-order valence-electron chi connectivity index (χ3n) is 2.57. The van der Waals surface area contributed by atoms with Crippen LogP contribution in [0.4, 0.5) is 0 Å². The van der Waals surface area contributed by atoms with Gasteiger partial charge in [0.25, 0.3) is 0 Å². The Morgan fingerprint density at radius 1 is 1.53 bits per heavy atom. The summed E-state index contributed by atoms with van der Waals surface area (Å²) in [6.07, 6.45) is 2.51. The summed E-state index contributed by atoms with van der Waals surface area (Å²) in [5.74, 6) is -0.678. The van der Waals surface area contributed by atoms with Crippen LogP contribution in [0.5, 0.6) is 0 Å². The van der Waals surface area contributed by atoms with Crippen molar-refractivity contribution in [3.05, 3.63) is 18.2 Å². The van der Waals surface area contributed by atoms with Gasteiger partial charge in [0.05, 0.1) is 6.54 Å². The van der Waals surface area contributed by atoms with Crippen molar-refractivity contribution in [2.45, 2.75) is 31.6 Å². The van der Waals surface area contributed by atoms with Gasteiger partial charge in [-0.3, -0.25) is 4.79 Å². The van der Waals surface area contributed by atoms with Gasteiger partial charge < -0.3 is 20.1 Å². The third-order valence-corrected chi connectivity index (χ3v) is 2.57. The fourth-order valence-corrected chi connectivity index (χ4v) is 1.69. The topological polar surface area (TPSA) is 104 Å². The number of hydrogen-bond donors (Lipinski definition) is 3. The maximum absolute atomic E-state index is 11.6. The highest BCUT2D eigenvalue weighted by atomic mass is 16.5. The number of rotatable bonds is 4. The quantitative estimate of drug-likeness (QED) is 0.666. The number of ether oxygens (including phenoxy) is 1. The average Bonchev–Trinajstić information content (AvgIpc) is 2.96. The fourth-order valence-electron chi connectivity index (χ4n) is 1.69. The van der Waals surface area contributed by atoms with Gasteiger partial charge in [-0.2, -0.15) is 0 Å². The summed E-state index contributed by atoms with van der Waals surface area (Å²) < 4.78 is 5.11. The molecule has 1 aromatic rings. The molecule has 0 unspecified atom stereocenters. The number of carbonyl (C=O) groups excluding carboxylic acids is 1. The first-order chi connectivity index (χ1) is 8.16. The summed E-state index contributed by atoms with van der Waals surface area (Å²) in [5.41, 5.74) is 0. The number of aliphatic carboxylic acids is 1. The molecule has 0 bridgehead atoms. The molecule has 7 nitrogen and oxygen atoms in total. The molecule has 1 aromatic heterocycles. The Morgan fingerprint density at radius 3 is 2.88 bits per heavy atom. The van der Waals surface area contributed by atoms with Gasteiger partial charge in [0.15, 0.2) is 6.10 Å². The predicted molar refractivity (Wildman–Crippen MR) is 56.0 cm³/mol. The van der Waals surface area contributed by atoms with Gasteiger partial charge in [0, 0.05) is 12.4 Å². The van der Waals surface area contributed by atoms with E-state index in [1.165, 1.54) is 0 Å². The van der Waals surface area contributed by atoms with Gasteiger partial charge in [0.2, 0.25) is 5.91 Å². The molecule has 2 atom stereocenters. The number of aromatic amines is 1. The largest absolute Gasteiger partial charge is 0.479 e. The van der Waals surface area contributed by atoms with Gasteiger partial charge in [-0.25, -0.2) is 9.78 Å². The Labute approximate surface area is 97.2 Å². The zero-order valence-corrected chi connectivity index (χ0v) is 9.05. The summed E-state index contributed by atoms with van der Waals surface area (Å²) in [4.78, 5) is 29.1. The molecule has 1 amide bonds. The van der Waals surface area contributed by atoms with E-state index in [4.69, 9.17) is 9.84 Å². The molecule has 1 saturated heterocycles. The molecule has 0 radical (unpaired) electrons. The van der Waals surface area contributed by atoms with Gasteiger partial charge in [0.1, 0.15) is 11.9 Å². The number of hydrogen-bond acceptors (Lipinski definition) is 4. The highest BCUT2D eigenvalue weighted by molar-refractivity contribution is 5.82. The van der Waals surface area contributed by atoms with Gasteiger partial charge >= 0.3 is 5.97 Å². The van der Waals surface area contributed by atoms with Crippen LogP contribution in [0.2, 0.25) is 0 Å². The SMILES string of the molecule is O=C(NCc1ncc[nH]1)[C@@H]1CC[C@H](C(=O)O)O1. The van der Waals surface area contributed by atoms with Crippen LogP contribution in [0.15, 0.2) is 12.4 Å². The Kier molecular flexibility index (Phi) is 3.38. The first kappa shape index (κ1) is 11.6. The molecule has 3 N–H and O–H groups in total. The lowest BCUT2D eigenvalue weighted by molar-refractivity contribution is -0.151. The Balaban J connectivity index is 1.79. The number of nitrogens with one attached hydrogen (secondary N) is 2. The minimum atomic E-state index is -1.02. The molecule has 1 aliphatic rings. The van der Waals surface area contributed by atoms with Crippen LogP contribution in [0.25, 0.3) is 0 Å². The summed E-state index contributed by atoms with van der Waals surface area (Å²) in [5, 5.41) is 11.4. The highest BCUT2D eigenvalue weighted by Crippen LogP contribution is 2.19. The lowest BCUT2D eigenvalue weighted by Gasteiger charge is -2.10. The number of carboxylic acid groups (broad SMARTS) is 1. The van der Waals surface area contributed by atoms with E-state index >= 15 is 0 Å². The summed E-state index contributed by atoms with van der Waals surface area (Å²) in [7, 11) is 0. The number of nitrogens with zero attached hydrogens (tertiary/aromatic N) is 1. The van der Waals surface area contributed by atoms with Crippen molar-refractivity contribution in [1.29, 1.82) is 0 Å². The number of H-pyrrole nitrogens is 1. The van der Waals surface area contributed by atoms with Crippen LogP contribution < -0.4 is 5.32 Å². The van der Waals surface area contributed by atoms with Crippen LogP contribution in [-0.2, 0) is 20.9 Å². The molecule has 1 aliphatic heterocycles. The van der Waals surface area contributed by atoms with Crippen LogP contribution in [0, 0.1) is 0 Å². The second-order valence-corrected chi connectivity index (χ2v) is 3.78. The Hall–Kier alpha value is -1.89. The average molecular weight is 239 g/mol. The summed E-state index contributed by atoms with van der Waals surface area (Å²) >= 11 is 0. The number of aromatic nitrogens is 2. The van der Waals surface area contributed by atoms with E-state index in [2.05, 4.69) is 15.3 Å². The second kappa shape index (κ2) is 4.96. The molecule has 0 spiro atoms. The maximum Gasteiger partial charge on any atom is 0.332 e. The molecule has 0 aliphatic carbocycles. The third kappa shape index (κ3) is 2.82. The first-order valence-electron chi connectivity index (χ1n) is 5.31. The Morgan fingerprint density at radius 2 is 2.29 bits per heavy atom. The Bertz CT molecular complexity index is 404. The fraction of sp³-hybridized carbons (Fsp3) is 0.500. The molecule has 2 heterocycles. The zero-order chi connectivity index (χ0) is 12.3. The molecule has 1 fully saturated rings. The highest BCUT2D eigenvalue weighted by Gasteiger charge is 2.34. The first-order valence-corrected chi connectivity index (χ1v) is 5.31. The van der Waals surface area contributed by atoms with Gasteiger partial charge in [-0.05, 0) is 12.8 Å². The summed E-state index contributed by atoms with van der Waals surface area (Å²) in [6.45, 7) is 0.281. The van der Waals surface area contributed by atoms with Crippen molar-refractivity contribution in [2.75, 3.05) is 0 Å². The smallest absolute Gasteiger partial charge is 0.332 e. The molecule has 2 rings (SSSR count). The minimum Gasteiger partial charge on any atom is -0.479 e. The number of carboxylic acids is 1. The normalized spacial score (nSPS) is 23.5. The number of amides is 1. The van der Waals surface area contributed by atoms with Crippen molar-refractivity contribution >= 4 is 11.9 Å². The predicted octanol–water partition coefficient (Wildman–Crippen LogP) is -0.342. The number of carbonyl (C=O) groups is 2. The molecular formula is C10H13N3O4. The minimum absolute atomic E-state index is 0.281. The number of imidazole rings is 1. The van der Waals surface area contributed by atoms with E-state index in [-0.39, 0.29) is 12.5 Å². The molecular weight excluding hydrogens is 226 g/mol. The van der Waals surface area contributed by atoms with Gasteiger partial charge in [-0.15, -0.1) is 0 Å². The van der Waals surface area contributed by atoms with Crippen molar-refractivity contribution in [3.8, 4) is 0 Å². The van der Waals surface area contributed by atoms with Crippen molar-refractivity contribution in [1.82, 2.24) is 15.3 Å². The van der Waals surface area contributed by atoms with Crippen molar-refractivity contribution < 1.29 is 19.4 Å². The lowest BCUT2D eigenvalue weighted by Crippen LogP contribution is -2.35. The van der Waals surface area contributed by atoms with Crippen LogP contribution in [-0.4, -0.2) is 39.2 Å². The van der Waals surface area contributed by atoms with E-state index in [1.807, 2.05) is 0 Å². The van der Waals surface area contributed by atoms with E-state index < -0.39 is 18.2 Å². The van der Waals surface area contributed by atoms with Crippen LogP contribution in [0.3, 0.4) is 0 Å². The molecule has 17 heavy (non-hydrogen) atoms.